The summed E-state index contributed by atoms with van der Waals surface area (Å²) in [5.41, 5.74) is 3.78. The third-order valence-corrected chi connectivity index (χ3v) is 16.0. The van der Waals surface area contributed by atoms with E-state index in [0.29, 0.717) is 63.9 Å². The molecule has 64 heavy (non-hydrogen) atoms. The number of Topliss-reactive ketones (excluding diaryl/α,β-unsaturated/α-hetero) is 5. The van der Waals surface area contributed by atoms with Gasteiger partial charge < -0.3 is 14.5 Å². The van der Waals surface area contributed by atoms with Crippen LogP contribution in [0.2, 0.25) is 0 Å². The minimum atomic E-state index is -3.63. The number of carbonyl (C=O) groups excluding carboxylic acids is 6. The third-order valence-electron chi connectivity index (χ3n) is 14.0. The van der Waals surface area contributed by atoms with Crippen LogP contribution in [0.3, 0.4) is 0 Å². The molecule has 2 saturated heterocycles. The molecule has 352 valence electrons. The zero-order chi connectivity index (χ0) is 46.4. The van der Waals surface area contributed by atoms with Crippen LogP contribution >= 0.6 is 0 Å². The van der Waals surface area contributed by atoms with E-state index in [-0.39, 0.29) is 61.3 Å². The summed E-state index contributed by atoms with van der Waals surface area (Å²) in [6.07, 6.45) is 10.9. The number of amides is 1. The van der Waals surface area contributed by atoms with Crippen molar-refractivity contribution in [1.82, 2.24) is 14.5 Å². The van der Waals surface area contributed by atoms with E-state index in [1.165, 1.54) is 21.6 Å². The molecule has 1 amide bonds. The van der Waals surface area contributed by atoms with Crippen LogP contribution in [-0.4, -0.2) is 103 Å². The first-order valence-corrected chi connectivity index (χ1v) is 25.5. The van der Waals surface area contributed by atoms with Crippen LogP contribution in [0.1, 0.15) is 158 Å². The number of rotatable bonds is 24. The second kappa shape index (κ2) is 23.9. The summed E-state index contributed by atoms with van der Waals surface area (Å²) in [7, 11) is -3.63. The summed E-state index contributed by atoms with van der Waals surface area (Å²) in [5, 5.41) is -0.527. The molecular weight excluding hydrogens is 831 g/mol. The van der Waals surface area contributed by atoms with Crippen molar-refractivity contribution < 1.29 is 41.9 Å². The van der Waals surface area contributed by atoms with E-state index in [1.807, 2.05) is 31.2 Å². The Hall–Kier alpha value is -4.07. The normalized spacial score (nSPS) is 19.7. The Labute approximate surface area is 382 Å². The average molecular weight is 904 g/mol. The van der Waals surface area contributed by atoms with Gasteiger partial charge in [-0.15, -0.1) is 0 Å². The predicted molar refractivity (Wildman–Crippen MR) is 249 cm³/mol. The highest BCUT2D eigenvalue weighted by Gasteiger charge is 2.40. The zero-order valence-corrected chi connectivity index (χ0v) is 39.9. The van der Waals surface area contributed by atoms with Crippen molar-refractivity contribution in [2.45, 2.75) is 173 Å². The Balaban J connectivity index is 1.06. The van der Waals surface area contributed by atoms with E-state index >= 15 is 0 Å². The van der Waals surface area contributed by atoms with Crippen molar-refractivity contribution in [2.24, 2.45) is 5.41 Å². The Morgan fingerprint density at radius 1 is 0.875 bits per heavy atom. The number of likely N-dealkylation sites (tertiary alicyclic amines) is 2. The number of nitrogens with one attached hydrogen (secondary N) is 1. The molecule has 0 bridgehead atoms. The number of hydrogen-bond donors (Lipinski definition) is 1. The molecule has 0 aromatic heterocycles. The van der Waals surface area contributed by atoms with Crippen molar-refractivity contribution >= 4 is 44.8 Å². The highest BCUT2D eigenvalue weighted by Crippen LogP contribution is 2.32. The molecular formula is C51H73N3O9S. The highest BCUT2D eigenvalue weighted by molar-refractivity contribution is 7.90. The number of unbranched alkanes of at least 4 members (excludes halogenated alkanes) is 4. The Kier molecular flexibility index (Phi) is 19.0. The Morgan fingerprint density at radius 2 is 1.61 bits per heavy atom. The SMILES string of the molecule is CCC(C)(C)C(=O)C(=O)N1CCCCC1C(=O)C[C@H](CCc1ccc(C)c(C)c1)c1cccc(OCC(=O)CCCCCCCN2CCC(S(=O)(=O)NC3CCC(=O)CC3=O)CC2)c1. The van der Waals surface area contributed by atoms with Crippen molar-refractivity contribution in [3.05, 3.63) is 64.7 Å². The van der Waals surface area contributed by atoms with Gasteiger partial charge in [-0.2, -0.15) is 0 Å². The molecule has 12 nitrogen and oxygen atoms in total. The number of carbonyl (C=O) groups is 6. The molecule has 2 heterocycles. The monoisotopic (exact) mass is 904 g/mol. The second-order valence-electron chi connectivity index (χ2n) is 19.3. The van der Waals surface area contributed by atoms with Gasteiger partial charge in [0.1, 0.15) is 18.1 Å². The number of sulfonamides is 1. The Morgan fingerprint density at radius 3 is 2.33 bits per heavy atom. The van der Waals surface area contributed by atoms with Crippen molar-refractivity contribution in [2.75, 3.05) is 32.8 Å². The molecule has 0 radical (unpaired) electrons. The number of piperidine rings is 2. The molecule has 5 rings (SSSR count). The number of hydrogen-bond acceptors (Lipinski definition) is 10. The van der Waals surface area contributed by atoms with E-state index in [1.54, 1.807) is 13.8 Å². The van der Waals surface area contributed by atoms with Gasteiger partial charge in [0.15, 0.2) is 17.3 Å². The van der Waals surface area contributed by atoms with Gasteiger partial charge in [-0.25, -0.2) is 13.1 Å². The van der Waals surface area contributed by atoms with Gasteiger partial charge in [0.25, 0.3) is 5.91 Å². The van der Waals surface area contributed by atoms with Crippen LogP contribution < -0.4 is 9.46 Å². The highest BCUT2D eigenvalue weighted by atomic mass is 32.2. The molecule has 3 fully saturated rings. The van der Waals surface area contributed by atoms with Crippen LogP contribution in [0, 0.1) is 19.3 Å². The molecule has 3 atom stereocenters. The quantitative estimate of drug-likeness (QED) is 0.0627. The lowest BCUT2D eigenvalue weighted by Gasteiger charge is -2.36. The number of ether oxygens (including phenoxy) is 1. The molecule has 1 saturated carbocycles. The third kappa shape index (κ3) is 14.7. The maximum Gasteiger partial charge on any atom is 0.291 e. The molecule has 13 heteroatoms. The van der Waals surface area contributed by atoms with Gasteiger partial charge in [0.2, 0.25) is 15.8 Å². The number of benzene rings is 2. The molecule has 0 spiro atoms. The zero-order valence-electron chi connectivity index (χ0n) is 39.1. The summed E-state index contributed by atoms with van der Waals surface area (Å²) in [6, 6.07) is 12.7. The largest absolute Gasteiger partial charge is 0.486 e. The maximum absolute atomic E-state index is 14.2. The van der Waals surface area contributed by atoms with Crippen LogP contribution in [0.15, 0.2) is 42.5 Å². The maximum atomic E-state index is 14.2. The fourth-order valence-corrected chi connectivity index (χ4v) is 10.8. The van der Waals surface area contributed by atoms with Gasteiger partial charge in [-0.1, -0.05) is 70.4 Å². The summed E-state index contributed by atoms with van der Waals surface area (Å²) < 4.78 is 34.5. The van der Waals surface area contributed by atoms with Gasteiger partial charge in [0, 0.05) is 31.2 Å². The van der Waals surface area contributed by atoms with E-state index in [9.17, 15) is 37.2 Å². The summed E-state index contributed by atoms with van der Waals surface area (Å²) >= 11 is 0. The van der Waals surface area contributed by atoms with E-state index in [0.717, 1.165) is 63.5 Å². The van der Waals surface area contributed by atoms with Crippen molar-refractivity contribution in [1.29, 1.82) is 0 Å². The van der Waals surface area contributed by atoms with Crippen LogP contribution in [0.25, 0.3) is 0 Å². The van der Waals surface area contributed by atoms with Gasteiger partial charge >= 0.3 is 0 Å². The van der Waals surface area contributed by atoms with Crippen molar-refractivity contribution in [3.8, 4) is 5.75 Å². The number of ketones is 5. The van der Waals surface area contributed by atoms with Crippen molar-refractivity contribution in [3.63, 3.8) is 0 Å². The summed E-state index contributed by atoms with van der Waals surface area (Å²) in [6.45, 7) is 12.3. The molecule has 2 aliphatic heterocycles. The fourth-order valence-electron chi connectivity index (χ4n) is 9.17. The first-order valence-electron chi connectivity index (χ1n) is 23.9. The van der Waals surface area contributed by atoms with Crippen LogP contribution in [0.5, 0.6) is 5.75 Å². The fraction of sp³-hybridized carbons (Fsp3) is 0.647. The summed E-state index contributed by atoms with van der Waals surface area (Å²) in [5.74, 6) is -1.03. The summed E-state index contributed by atoms with van der Waals surface area (Å²) in [4.78, 5) is 81.4. The lowest BCUT2D eigenvalue weighted by molar-refractivity contribution is -0.153. The van der Waals surface area contributed by atoms with Gasteiger partial charge in [0.05, 0.1) is 23.8 Å². The lowest BCUT2D eigenvalue weighted by Crippen LogP contribution is -2.52. The first-order chi connectivity index (χ1) is 30.5. The van der Waals surface area contributed by atoms with E-state index < -0.39 is 44.5 Å². The molecule has 1 N–H and O–H groups in total. The minimum absolute atomic E-state index is 0.0284. The molecule has 1 aliphatic carbocycles. The van der Waals surface area contributed by atoms with E-state index in [2.05, 4.69) is 41.7 Å². The van der Waals surface area contributed by atoms with Gasteiger partial charge in [-0.3, -0.25) is 28.8 Å². The lowest BCUT2D eigenvalue weighted by atomic mass is 9.82. The molecule has 2 aromatic carbocycles. The minimum Gasteiger partial charge on any atom is -0.486 e. The predicted octanol–water partition coefficient (Wildman–Crippen LogP) is 7.73. The number of nitrogens with zero attached hydrogens (tertiary/aromatic N) is 2. The van der Waals surface area contributed by atoms with E-state index in [4.69, 9.17) is 4.74 Å². The average Bonchev–Trinajstić information content (AvgIpc) is 3.28. The molecule has 2 aromatic rings. The molecule has 3 aliphatic rings. The second-order valence-corrected chi connectivity index (χ2v) is 21.3. The Bertz CT molecular complexity index is 2070. The van der Waals surface area contributed by atoms with Crippen LogP contribution in [0.4, 0.5) is 0 Å². The standard InChI is InChI=1S/C51H73N3O9S/c1-6-51(4,5)49(59)50(60)54-28-13-11-18-46(54)48(58)33-40(22-21-38-20-19-36(2)37(3)31-38)39-15-14-17-43(32-39)63-35-42(56)16-10-8-7-9-12-27-53-29-25-44(26-30-53)64(61,62)52-45-24-23-41(55)34-47(45)57/h14-15,17,19-20,31-32,40,44-46,52H,6-13,16,18,21-30,33-35H2,1-5H3/t40-,45?,46?/m0/s1. The molecule has 2 unspecified atom stereocenters. The van der Waals surface area contributed by atoms with Crippen LogP contribution in [-0.2, 0) is 45.2 Å². The topological polar surface area (TPSA) is 164 Å². The number of aryl methyl sites for hydroxylation is 3. The first kappa shape index (κ1) is 50.9. The smallest absolute Gasteiger partial charge is 0.291 e. The van der Waals surface area contributed by atoms with Gasteiger partial charge in [-0.05, 0) is 144 Å².